The van der Waals surface area contributed by atoms with Gasteiger partial charge in [0, 0.05) is 33.2 Å². The highest BCUT2D eigenvalue weighted by Gasteiger charge is 2.39. The molecule has 30 heavy (non-hydrogen) atoms. The van der Waals surface area contributed by atoms with Crippen LogP contribution in [0.2, 0.25) is 0 Å². The van der Waals surface area contributed by atoms with E-state index in [0.717, 1.165) is 15.4 Å². The van der Waals surface area contributed by atoms with E-state index < -0.39 is 10.0 Å². The lowest BCUT2D eigenvalue weighted by atomic mass is 9.96. The highest BCUT2D eigenvalue weighted by Crippen LogP contribution is 2.26. The van der Waals surface area contributed by atoms with Gasteiger partial charge in [-0.1, -0.05) is 13.0 Å². The molecule has 1 aromatic rings. The van der Waals surface area contributed by atoms with Gasteiger partial charge in [-0.3, -0.25) is 9.59 Å². The molecular formula is C21H31N3O5S. The summed E-state index contributed by atoms with van der Waals surface area (Å²) in [5.74, 6) is -0.453. The third-order valence-electron chi connectivity index (χ3n) is 6.15. The van der Waals surface area contributed by atoms with Gasteiger partial charge in [-0.15, -0.1) is 0 Å². The third-order valence-corrected chi connectivity index (χ3v) is 7.95. The number of likely N-dealkylation sites (N-methyl/N-ethyl adjacent to an activating group) is 1. The zero-order valence-electron chi connectivity index (χ0n) is 18.1. The van der Waals surface area contributed by atoms with Crippen molar-refractivity contribution in [2.45, 2.75) is 25.7 Å². The van der Waals surface area contributed by atoms with E-state index in [4.69, 9.17) is 4.74 Å². The molecule has 2 aliphatic rings. The number of sulfonamides is 1. The highest BCUT2D eigenvalue weighted by atomic mass is 32.2. The largest absolute Gasteiger partial charge is 0.378 e. The molecule has 3 rings (SSSR count). The predicted octanol–water partition coefficient (Wildman–Crippen LogP) is 0.877. The zero-order valence-corrected chi connectivity index (χ0v) is 18.9. The van der Waals surface area contributed by atoms with Crippen LogP contribution in [0, 0.1) is 25.7 Å². The first-order valence-electron chi connectivity index (χ1n) is 10.3. The van der Waals surface area contributed by atoms with Gasteiger partial charge in [-0.2, -0.15) is 4.31 Å². The summed E-state index contributed by atoms with van der Waals surface area (Å²) in [5.41, 5.74) is 1.89. The molecule has 9 heteroatoms. The van der Waals surface area contributed by atoms with Gasteiger partial charge in [-0.25, -0.2) is 8.42 Å². The average molecular weight is 438 g/mol. The Bertz CT molecular complexity index is 911. The predicted molar refractivity (Wildman–Crippen MR) is 112 cm³/mol. The van der Waals surface area contributed by atoms with Gasteiger partial charge in [0.15, 0.2) is 0 Å². The van der Waals surface area contributed by atoms with Crippen LogP contribution >= 0.6 is 0 Å². The van der Waals surface area contributed by atoms with Crippen molar-refractivity contribution in [2.24, 2.45) is 11.8 Å². The fourth-order valence-corrected chi connectivity index (χ4v) is 5.15. The van der Waals surface area contributed by atoms with E-state index in [9.17, 15) is 18.0 Å². The number of carbonyl (C=O) groups is 2. The minimum Gasteiger partial charge on any atom is -0.378 e. The number of amides is 2. The smallest absolute Gasteiger partial charge is 0.243 e. The number of rotatable bonds is 5. The first kappa shape index (κ1) is 22.7. The Morgan fingerprint density at radius 1 is 1.10 bits per heavy atom. The molecule has 0 aromatic heterocycles. The Hall–Kier alpha value is -1.97. The van der Waals surface area contributed by atoms with Crippen molar-refractivity contribution in [2.75, 3.05) is 53.0 Å². The summed E-state index contributed by atoms with van der Waals surface area (Å²) in [6.45, 7) is 8.50. The van der Waals surface area contributed by atoms with E-state index in [1.807, 2.05) is 20.8 Å². The van der Waals surface area contributed by atoms with Gasteiger partial charge in [0.2, 0.25) is 21.8 Å². The van der Waals surface area contributed by atoms with Crippen LogP contribution in [0.25, 0.3) is 0 Å². The Morgan fingerprint density at radius 3 is 2.40 bits per heavy atom. The Balaban J connectivity index is 1.63. The molecule has 0 spiro atoms. The van der Waals surface area contributed by atoms with Crippen LogP contribution in [0.4, 0.5) is 0 Å². The van der Waals surface area contributed by atoms with Gasteiger partial charge in [0.1, 0.15) is 0 Å². The fraction of sp³-hybridized carbons (Fsp3) is 0.619. The molecular weight excluding hydrogens is 406 g/mol. The van der Waals surface area contributed by atoms with Crippen molar-refractivity contribution in [1.29, 1.82) is 0 Å². The number of hydrogen-bond acceptors (Lipinski definition) is 5. The second-order valence-corrected chi connectivity index (χ2v) is 10.4. The van der Waals surface area contributed by atoms with E-state index in [-0.39, 0.29) is 35.1 Å². The van der Waals surface area contributed by atoms with Crippen molar-refractivity contribution < 1.29 is 22.7 Å². The van der Waals surface area contributed by atoms with Crippen LogP contribution in [0.5, 0.6) is 0 Å². The van der Waals surface area contributed by atoms with E-state index >= 15 is 0 Å². The number of carbonyl (C=O) groups excluding carboxylic acids is 2. The maximum absolute atomic E-state index is 12.9. The molecule has 2 atom stereocenters. The van der Waals surface area contributed by atoms with E-state index in [2.05, 4.69) is 0 Å². The van der Waals surface area contributed by atoms with Gasteiger partial charge in [0.05, 0.1) is 30.6 Å². The third kappa shape index (κ3) is 4.68. The monoisotopic (exact) mass is 437 g/mol. The Kier molecular flexibility index (Phi) is 6.84. The first-order chi connectivity index (χ1) is 14.1. The minimum absolute atomic E-state index is 0.0333. The van der Waals surface area contributed by atoms with Crippen LogP contribution in [-0.4, -0.2) is 87.3 Å². The topological polar surface area (TPSA) is 87.2 Å². The zero-order chi connectivity index (χ0) is 22.1. The van der Waals surface area contributed by atoms with E-state index in [1.165, 1.54) is 7.05 Å². The number of nitrogens with zero attached hydrogens (tertiary/aromatic N) is 3. The second-order valence-electron chi connectivity index (χ2n) is 8.33. The molecule has 1 aromatic carbocycles. The van der Waals surface area contributed by atoms with Gasteiger partial charge >= 0.3 is 0 Å². The molecule has 0 bridgehead atoms. The quantitative estimate of drug-likeness (QED) is 0.682. The van der Waals surface area contributed by atoms with Crippen LogP contribution in [0.3, 0.4) is 0 Å². The van der Waals surface area contributed by atoms with Crippen molar-refractivity contribution in [3.63, 3.8) is 0 Å². The summed E-state index contributed by atoms with van der Waals surface area (Å²) < 4.78 is 32.1. The lowest BCUT2D eigenvalue weighted by Crippen LogP contribution is -2.45. The number of ether oxygens (including phenoxy) is 1. The Labute approximate surface area is 178 Å². The van der Waals surface area contributed by atoms with Gasteiger partial charge in [0.25, 0.3) is 0 Å². The minimum atomic E-state index is -3.77. The first-order valence-corrected chi connectivity index (χ1v) is 11.7. The molecule has 2 aliphatic heterocycles. The molecule has 0 unspecified atom stereocenters. The summed E-state index contributed by atoms with van der Waals surface area (Å²) in [6.07, 6.45) is 0. The van der Waals surface area contributed by atoms with Crippen molar-refractivity contribution in [3.05, 3.63) is 29.3 Å². The number of aryl methyl sites for hydroxylation is 2. The maximum atomic E-state index is 12.9. The molecule has 0 saturated carbocycles. The molecule has 2 saturated heterocycles. The van der Waals surface area contributed by atoms with Crippen molar-refractivity contribution >= 4 is 21.8 Å². The number of benzene rings is 1. The van der Waals surface area contributed by atoms with Gasteiger partial charge < -0.3 is 14.5 Å². The average Bonchev–Trinajstić information content (AvgIpc) is 3.11. The summed E-state index contributed by atoms with van der Waals surface area (Å²) >= 11 is 0. The fourth-order valence-electron chi connectivity index (χ4n) is 3.94. The van der Waals surface area contributed by atoms with Crippen LogP contribution in [0.15, 0.2) is 23.1 Å². The van der Waals surface area contributed by atoms with Crippen molar-refractivity contribution in [3.8, 4) is 0 Å². The molecule has 0 radical (unpaired) electrons. The lowest BCUT2D eigenvalue weighted by molar-refractivity contribution is -0.140. The lowest BCUT2D eigenvalue weighted by Gasteiger charge is -2.30. The summed E-state index contributed by atoms with van der Waals surface area (Å²) in [6, 6.07) is 4.95. The van der Waals surface area contributed by atoms with Crippen molar-refractivity contribution in [1.82, 2.24) is 14.1 Å². The molecule has 0 aliphatic carbocycles. The molecule has 8 nitrogen and oxygen atoms in total. The van der Waals surface area contributed by atoms with Gasteiger partial charge in [-0.05, 0) is 43.0 Å². The maximum Gasteiger partial charge on any atom is 0.243 e. The summed E-state index contributed by atoms with van der Waals surface area (Å²) in [4.78, 5) is 29.2. The normalized spacial score (nSPS) is 22.6. The Morgan fingerprint density at radius 2 is 1.77 bits per heavy atom. The molecule has 2 heterocycles. The van der Waals surface area contributed by atoms with E-state index in [1.54, 1.807) is 28.0 Å². The van der Waals surface area contributed by atoms with Crippen LogP contribution < -0.4 is 0 Å². The van der Waals surface area contributed by atoms with Crippen LogP contribution in [0.1, 0.15) is 18.1 Å². The molecule has 2 amide bonds. The highest BCUT2D eigenvalue weighted by molar-refractivity contribution is 7.89. The molecule has 166 valence electrons. The number of likely N-dealkylation sites (tertiary alicyclic amines) is 1. The van der Waals surface area contributed by atoms with E-state index in [0.29, 0.717) is 39.4 Å². The summed E-state index contributed by atoms with van der Waals surface area (Å²) in [5, 5.41) is 0. The molecule has 2 fully saturated rings. The number of morpholine rings is 1. The molecule has 0 N–H and O–H groups in total. The number of hydrogen-bond donors (Lipinski definition) is 0. The SMILES string of the molecule is Cc1ccc(S(=O)(=O)N(C)CC(=O)N2C[C@@H](C)[C@H](C(=O)N3CCOCC3)C2)cc1C. The standard InChI is InChI=1S/C21H31N3O5S/c1-15-5-6-18(11-16(15)2)30(27,28)22(4)14-20(25)24-12-17(3)19(13-24)21(26)23-7-9-29-10-8-23/h5-6,11,17,19H,7-10,12-14H2,1-4H3/t17-,19-/m1/s1. The van der Waals surface area contributed by atoms with Crippen LogP contribution in [-0.2, 0) is 24.3 Å². The second kappa shape index (κ2) is 9.03. The summed E-state index contributed by atoms with van der Waals surface area (Å²) in [7, 11) is -2.35.